The van der Waals surface area contributed by atoms with E-state index in [0.717, 1.165) is 16.7 Å². The average Bonchev–Trinajstić information content (AvgIpc) is 3.22. The van der Waals surface area contributed by atoms with Gasteiger partial charge in [0, 0.05) is 11.1 Å². The number of thiazole rings is 1. The van der Waals surface area contributed by atoms with Gasteiger partial charge in [-0.15, -0.1) is 0 Å². The summed E-state index contributed by atoms with van der Waals surface area (Å²) in [6.45, 7) is 3.87. The average molecular weight is 458 g/mol. The van der Waals surface area contributed by atoms with Gasteiger partial charge in [0.2, 0.25) is 0 Å². The van der Waals surface area contributed by atoms with E-state index in [0.29, 0.717) is 27.1 Å². The molecule has 6 nitrogen and oxygen atoms in total. The first-order chi connectivity index (χ1) is 16.0. The van der Waals surface area contributed by atoms with Gasteiger partial charge in [-0.05, 0) is 49.2 Å². The van der Waals surface area contributed by atoms with Crippen molar-refractivity contribution in [1.82, 2.24) is 4.98 Å². The molecule has 0 unspecified atom stereocenters. The summed E-state index contributed by atoms with van der Waals surface area (Å²) in [5.41, 5.74) is 4.23. The molecule has 0 aliphatic rings. The highest BCUT2D eigenvalue weighted by Gasteiger charge is 2.18. The Morgan fingerprint density at radius 3 is 2.27 bits per heavy atom. The van der Waals surface area contributed by atoms with Crippen LogP contribution in [-0.4, -0.2) is 23.4 Å². The normalized spacial score (nSPS) is 10.5. The summed E-state index contributed by atoms with van der Waals surface area (Å²) in [6, 6.07) is 24.2. The van der Waals surface area contributed by atoms with Gasteiger partial charge in [0.15, 0.2) is 11.7 Å². The molecule has 1 aromatic heterocycles. The zero-order chi connectivity index (χ0) is 23.2. The molecule has 3 aromatic carbocycles. The Morgan fingerprint density at radius 1 is 0.879 bits per heavy atom. The fourth-order valence-electron chi connectivity index (χ4n) is 3.12. The number of hydrogen-bond donors (Lipinski definition) is 2. The number of carbonyl (C=O) groups is 2. The number of aromatic nitrogens is 1. The Morgan fingerprint density at radius 2 is 1.58 bits per heavy atom. The van der Waals surface area contributed by atoms with E-state index in [1.807, 2.05) is 68.4 Å². The Labute approximate surface area is 196 Å². The minimum atomic E-state index is -0.331. The second kappa shape index (κ2) is 10.1. The molecule has 0 spiro atoms. The Bertz CT molecular complexity index is 1270. The molecule has 0 saturated carbocycles. The number of nitrogens with one attached hydrogen (secondary N) is 2. The Hall–Kier alpha value is -3.97. The molecule has 0 fully saturated rings. The number of hydrogen-bond acceptors (Lipinski definition) is 5. The second-order valence-corrected chi connectivity index (χ2v) is 8.46. The number of ether oxygens (including phenoxy) is 1. The molecule has 4 aromatic rings. The van der Waals surface area contributed by atoms with Gasteiger partial charge in [0.1, 0.15) is 16.4 Å². The van der Waals surface area contributed by atoms with Crippen molar-refractivity contribution in [2.45, 2.75) is 13.8 Å². The summed E-state index contributed by atoms with van der Waals surface area (Å²) in [7, 11) is 0. The maximum Gasteiger partial charge on any atom is 0.264 e. The highest BCUT2D eigenvalue weighted by molar-refractivity contribution is 7.20. The minimum Gasteiger partial charge on any atom is -0.484 e. The van der Waals surface area contributed by atoms with Crippen LogP contribution in [0, 0.1) is 13.8 Å². The quantitative estimate of drug-likeness (QED) is 0.373. The van der Waals surface area contributed by atoms with Crippen molar-refractivity contribution in [3.05, 3.63) is 95.6 Å². The lowest BCUT2D eigenvalue weighted by Crippen LogP contribution is -2.20. The van der Waals surface area contributed by atoms with Crippen LogP contribution < -0.4 is 15.4 Å². The maximum absolute atomic E-state index is 12.7. The van der Waals surface area contributed by atoms with Crippen LogP contribution in [0.2, 0.25) is 0 Å². The molecular formula is C26H23N3O3S. The van der Waals surface area contributed by atoms with Crippen LogP contribution in [0.5, 0.6) is 5.75 Å². The van der Waals surface area contributed by atoms with Crippen molar-refractivity contribution >= 4 is 33.3 Å². The zero-order valence-corrected chi connectivity index (χ0v) is 19.1. The van der Waals surface area contributed by atoms with E-state index in [-0.39, 0.29) is 18.4 Å². The molecule has 0 aliphatic heterocycles. The monoisotopic (exact) mass is 457 g/mol. The first-order valence-electron chi connectivity index (χ1n) is 10.4. The topological polar surface area (TPSA) is 80.3 Å². The molecule has 7 heteroatoms. The van der Waals surface area contributed by atoms with Gasteiger partial charge in [-0.3, -0.25) is 14.9 Å². The summed E-state index contributed by atoms with van der Waals surface area (Å²) >= 11 is 1.20. The molecule has 0 aliphatic carbocycles. The molecular weight excluding hydrogens is 434 g/mol. The molecule has 2 amide bonds. The third-order valence-corrected chi connectivity index (χ3v) is 5.92. The highest BCUT2D eigenvalue weighted by atomic mass is 32.1. The zero-order valence-electron chi connectivity index (χ0n) is 18.3. The molecule has 0 atom stereocenters. The predicted molar refractivity (Wildman–Crippen MR) is 132 cm³/mol. The van der Waals surface area contributed by atoms with Crippen LogP contribution in [0.15, 0.2) is 78.9 Å². The van der Waals surface area contributed by atoms with E-state index in [2.05, 4.69) is 15.6 Å². The molecule has 0 radical (unpaired) electrons. The standard InChI is InChI=1S/C26H23N3O3S/c1-17-13-14-21(15-18(17)2)32-16-22(30)27-26-28-23(19-9-5-3-6-10-19)25(33-26)29-24(31)20-11-7-4-8-12-20/h3-15H,16H2,1-2H3,(H,29,31)(H,27,28,30). The second-order valence-electron chi connectivity index (χ2n) is 7.47. The lowest BCUT2D eigenvalue weighted by molar-refractivity contribution is -0.118. The summed E-state index contributed by atoms with van der Waals surface area (Å²) in [5, 5.41) is 6.63. The maximum atomic E-state index is 12.7. The van der Waals surface area contributed by atoms with Gasteiger partial charge in [0.05, 0.1) is 0 Å². The Balaban J connectivity index is 1.50. The number of nitrogens with zero attached hydrogens (tertiary/aromatic N) is 1. The number of rotatable bonds is 7. The molecule has 0 bridgehead atoms. The lowest BCUT2D eigenvalue weighted by Gasteiger charge is -2.07. The van der Waals surface area contributed by atoms with Crippen LogP contribution in [0.25, 0.3) is 11.3 Å². The van der Waals surface area contributed by atoms with E-state index < -0.39 is 0 Å². The molecule has 0 saturated heterocycles. The third-order valence-electron chi connectivity index (χ3n) is 5.03. The van der Waals surface area contributed by atoms with E-state index in [4.69, 9.17) is 4.74 Å². The van der Waals surface area contributed by atoms with Crippen molar-refractivity contribution < 1.29 is 14.3 Å². The highest BCUT2D eigenvalue weighted by Crippen LogP contribution is 2.36. The van der Waals surface area contributed by atoms with Gasteiger partial charge >= 0.3 is 0 Å². The first-order valence-corrected chi connectivity index (χ1v) is 11.2. The van der Waals surface area contributed by atoms with Gasteiger partial charge in [-0.2, -0.15) is 0 Å². The van der Waals surface area contributed by atoms with Crippen molar-refractivity contribution in [2.24, 2.45) is 0 Å². The predicted octanol–water partition coefficient (Wildman–Crippen LogP) is 5.70. The number of aryl methyl sites for hydroxylation is 2. The summed E-state index contributed by atoms with van der Waals surface area (Å²) in [4.78, 5) is 29.7. The van der Waals surface area contributed by atoms with E-state index in [1.54, 1.807) is 24.3 Å². The summed E-state index contributed by atoms with van der Waals surface area (Å²) in [5.74, 6) is 0.0584. The van der Waals surface area contributed by atoms with Crippen LogP contribution in [0.4, 0.5) is 10.1 Å². The fourth-order valence-corrected chi connectivity index (χ4v) is 4.02. The summed E-state index contributed by atoms with van der Waals surface area (Å²) in [6.07, 6.45) is 0. The van der Waals surface area contributed by atoms with Gasteiger partial charge < -0.3 is 10.1 Å². The van der Waals surface area contributed by atoms with Crippen molar-refractivity contribution in [3.63, 3.8) is 0 Å². The summed E-state index contributed by atoms with van der Waals surface area (Å²) < 4.78 is 5.61. The van der Waals surface area contributed by atoms with Crippen LogP contribution in [0.1, 0.15) is 21.5 Å². The fraction of sp³-hybridized carbons (Fsp3) is 0.115. The van der Waals surface area contributed by atoms with Gasteiger partial charge in [-0.25, -0.2) is 4.98 Å². The van der Waals surface area contributed by atoms with Crippen LogP contribution >= 0.6 is 11.3 Å². The molecule has 2 N–H and O–H groups in total. The number of anilines is 2. The first kappa shape index (κ1) is 22.2. The minimum absolute atomic E-state index is 0.144. The SMILES string of the molecule is Cc1ccc(OCC(=O)Nc2nc(-c3ccccc3)c(NC(=O)c3ccccc3)s2)cc1C. The van der Waals surface area contributed by atoms with Crippen molar-refractivity contribution in [2.75, 3.05) is 17.2 Å². The lowest BCUT2D eigenvalue weighted by atomic mass is 10.1. The molecule has 166 valence electrons. The number of benzene rings is 3. The number of carbonyl (C=O) groups excluding carboxylic acids is 2. The third kappa shape index (κ3) is 5.64. The van der Waals surface area contributed by atoms with E-state index in [1.165, 1.54) is 11.3 Å². The molecule has 1 heterocycles. The van der Waals surface area contributed by atoms with Crippen molar-refractivity contribution in [1.29, 1.82) is 0 Å². The van der Waals surface area contributed by atoms with E-state index >= 15 is 0 Å². The Kier molecular flexibility index (Phi) is 6.80. The van der Waals surface area contributed by atoms with Crippen molar-refractivity contribution in [3.8, 4) is 17.0 Å². The number of amides is 2. The van der Waals surface area contributed by atoms with E-state index in [9.17, 15) is 9.59 Å². The van der Waals surface area contributed by atoms with Gasteiger partial charge in [0.25, 0.3) is 11.8 Å². The van der Waals surface area contributed by atoms with Crippen LogP contribution in [-0.2, 0) is 4.79 Å². The van der Waals surface area contributed by atoms with Gasteiger partial charge in [-0.1, -0.05) is 65.9 Å². The molecule has 4 rings (SSSR count). The molecule has 33 heavy (non-hydrogen) atoms. The smallest absolute Gasteiger partial charge is 0.264 e. The largest absolute Gasteiger partial charge is 0.484 e. The van der Waals surface area contributed by atoms with Crippen LogP contribution in [0.3, 0.4) is 0 Å².